The highest BCUT2D eigenvalue weighted by molar-refractivity contribution is 9.10. The van der Waals surface area contributed by atoms with Gasteiger partial charge in [0.1, 0.15) is 5.75 Å². The molecule has 0 aliphatic rings. The number of halogens is 3. The number of aliphatic hydroxyl groups excluding tert-OH is 1. The fourth-order valence-corrected chi connectivity index (χ4v) is 4.73. The summed E-state index contributed by atoms with van der Waals surface area (Å²) in [6.07, 6.45) is 0. The first-order valence-corrected chi connectivity index (χ1v) is 12.1. The molecule has 0 fully saturated rings. The molecule has 1 aromatic heterocycles. The number of hydrogen-bond acceptors (Lipinski definition) is 6. The molecule has 194 valence electrons. The number of hydrazone groups is 1. The molecular formula is C26H27BrF2N6O2. The van der Waals surface area contributed by atoms with E-state index >= 15 is 8.78 Å². The Bertz CT molecular complexity index is 1440. The maximum Gasteiger partial charge on any atom is 0.332 e. The molecule has 0 radical (unpaired) electrons. The Kier molecular flexibility index (Phi) is 7.76. The van der Waals surface area contributed by atoms with Crippen LogP contribution in [0.1, 0.15) is 27.9 Å². The maximum atomic E-state index is 15.7. The van der Waals surface area contributed by atoms with Gasteiger partial charge < -0.3 is 15.7 Å². The number of aliphatic hydroxyl groups is 1. The first-order valence-electron chi connectivity index (χ1n) is 11.4. The topological polar surface area (TPSA) is 115 Å². The molecule has 0 amide bonds. The summed E-state index contributed by atoms with van der Waals surface area (Å²) in [5, 5.41) is 19.3. The quantitative estimate of drug-likeness (QED) is 0.125. The number of amidine groups is 1. The second kappa shape index (κ2) is 10.8. The summed E-state index contributed by atoms with van der Waals surface area (Å²) in [7, 11) is 1.54. The number of rotatable bonds is 8. The zero-order valence-corrected chi connectivity index (χ0v) is 21.9. The molecule has 11 heteroatoms. The minimum atomic E-state index is -3.59. The van der Waals surface area contributed by atoms with Crippen molar-refractivity contribution < 1.29 is 18.6 Å². The smallest absolute Gasteiger partial charge is 0.332 e. The van der Waals surface area contributed by atoms with Gasteiger partial charge >= 0.3 is 5.92 Å². The third kappa shape index (κ3) is 5.29. The molecule has 3 aromatic carbocycles. The number of aromatic nitrogens is 2. The summed E-state index contributed by atoms with van der Waals surface area (Å²) >= 11 is 3.51. The molecule has 37 heavy (non-hydrogen) atoms. The zero-order valence-electron chi connectivity index (χ0n) is 20.3. The number of hydrazine groups is 1. The Hall–Kier alpha value is -3.54. The van der Waals surface area contributed by atoms with Crippen LogP contribution >= 0.6 is 15.9 Å². The predicted octanol–water partition coefficient (Wildman–Crippen LogP) is 4.40. The van der Waals surface area contributed by atoms with E-state index in [1.807, 2.05) is 19.1 Å². The molecule has 0 bridgehead atoms. The van der Waals surface area contributed by atoms with Crippen molar-refractivity contribution in [1.82, 2.24) is 14.8 Å². The van der Waals surface area contributed by atoms with Crippen LogP contribution < -0.4 is 16.4 Å². The Labute approximate surface area is 221 Å². The van der Waals surface area contributed by atoms with Crippen LogP contribution in [-0.2, 0) is 25.6 Å². The lowest BCUT2D eigenvalue weighted by atomic mass is 10.0. The molecule has 4 rings (SSSR count). The molecule has 0 atom stereocenters. The zero-order chi connectivity index (χ0) is 26.7. The van der Waals surface area contributed by atoms with Crippen molar-refractivity contribution in [3.63, 3.8) is 0 Å². The number of alkyl halides is 2. The highest BCUT2D eigenvalue weighted by atomic mass is 79.9. The summed E-state index contributed by atoms with van der Waals surface area (Å²) in [5.74, 6) is 7.70. The van der Waals surface area contributed by atoms with Crippen LogP contribution in [0.25, 0.3) is 10.9 Å². The van der Waals surface area contributed by atoms with Gasteiger partial charge in [-0.2, -0.15) is 19.0 Å². The number of hydrogen-bond donors (Lipinski definition) is 3. The van der Waals surface area contributed by atoms with Crippen molar-refractivity contribution in [3.05, 3.63) is 93.1 Å². The molecule has 0 aliphatic heterocycles. The van der Waals surface area contributed by atoms with E-state index in [9.17, 15) is 5.11 Å². The molecular weight excluding hydrogens is 546 g/mol. The average molecular weight is 573 g/mol. The van der Waals surface area contributed by atoms with Crippen molar-refractivity contribution in [3.8, 4) is 5.75 Å². The fraction of sp³-hybridized carbons (Fsp3) is 0.231. The molecule has 0 saturated carbocycles. The normalized spacial score (nSPS) is 12.2. The molecule has 0 saturated heterocycles. The van der Waals surface area contributed by atoms with Gasteiger partial charge in [0.2, 0.25) is 5.84 Å². The van der Waals surface area contributed by atoms with Crippen LogP contribution in [0.5, 0.6) is 5.75 Å². The van der Waals surface area contributed by atoms with Gasteiger partial charge in [0.15, 0.2) is 0 Å². The van der Waals surface area contributed by atoms with Crippen molar-refractivity contribution >= 4 is 32.7 Å². The molecule has 0 spiro atoms. The van der Waals surface area contributed by atoms with Crippen LogP contribution in [0.3, 0.4) is 0 Å². The summed E-state index contributed by atoms with van der Waals surface area (Å²) in [6.45, 7) is 1.88. The van der Waals surface area contributed by atoms with E-state index < -0.39 is 11.8 Å². The van der Waals surface area contributed by atoms with Crippen molar-refractivity contribution in [1.29, 1.82) is 0 Å². The number of aryl methyl sites for hydroxylation is 1. The summed E-state index contributed by atoms with van der Waals surface area (Å²) in [6, 6.07) is 16.7. The van der Waals surface area contributed by atoms with Gasteiger partial charge in [0, 0.05) is 15.4 Å². The second-order valence-corrected chi connectivity index (χ2v) is 9.37. The minimum absolute atomic E-state index is 0.0408. The molecule has 0 unspecified atom stereocenters. The van der Waals surface area contributed by atoms with E-state index in [2.05, 4.69) is 26.1 Å². The molecule has 4 aromatic rings. The Morgan fingerprint density at radius 1 is 1.19 bits per heavy atom. The van der Waals surface area contributed by atoms with Crippen LogP contribution in [0.4, 0.5) is 8.78 Å². The highest BCUT2D eigenvalue weighted by Crippen LogP contribution is 2.34. The van der Waals surface area contributed by atoms with Crippen LogP contribution in [0, 0.1) is 6.92 Å². The highest BCUT2D eigenvalue weighted by Gasteiger charge is 2.42. The molecule has 8 nitrogen and oxygen atoms in total. The van der Waals surface area contributed by atoms with E-state index in [0.717, 1.165) is 20.4 Å². The monoisotopic (exact) mass is 572 g/mol. The lowest BCUT2D eigenvalue weighted by Gasteiger charge is -2.26. The third-order valence-electron chi connectivity index (χ3n) is 6.18. The number of fused-ring (bicyclic) bond motifs is 1. The van der Waals surface area contributed by atoms with Crippen LogP contribution in [0.2, 0.25) is 0 Å². The second-order valence-electron chi connectivity index (χ2n) is 8.51. The van der Waals surface area contributed by atoms with Crippen LogP contribution in [0.15, 0.2) is 70.2 Å². The molecule has 1 heterocycles. The number of methoxy groups -OCH3 is 1. The molecule has 0 aliphatic carbocycles. The standard InChI is InChI=1S/C26H27BrF2N6O2/c1-16-21-11-8-19(12-24(21)35(33-16)14-22-18(15-36)4-3-5-23(22)27)26(28,29)25(32-30)34(31)13-17-6-9-20(37-2)10-7-17/h3-12,36H,13-15,30-31H2,1-2H3/b32-25-. The lowest BCUT2D eigenvalue weighted by Crippen LogP contribution is -2.46. The van der Waals surface area contributed by atoms with Gasteiger partial charge in [0.25, 0.3) is 0 Å². The first-order chi connectivity index (χ1) is 17.7. The Morgan fingerprint density at radius 3 is 2.57 bits per heavy atom. The minimum Gasteiger partial charge on any atom is -0.497 e. The lowest BCUT2D eigenvalue weighted by molar-refractivity contribution is 0.0584. The summed E-state index contributed by atoms with van der Waals surface area (Å²) in [5.41, 5.74) is 3.07. The van der Waals surface area contributed by atoms with Gasteiger partial charge in [-0.25, -0.2) is 5.84 Å². The number of nitrogens with two attached hydrogens (primary N) is 2. The van der Waals surface area contributed by atoms with Gasteiger partial charge in [-0.3, -0.25) is 9.69 Å². The SMILES string of the molecule is COc1ccc(CN(N)/C(=N\N)C(F)(F)c2ccc3c(C)nn(Cc4c(Br)cccc4CO)c3c2)cc1. The Balaban J connectivity index is 1.68. The number of ether oxygens (including phenoxy) is 1. The van der Waals surface area contributed by atoms with Crippen molar-refractivity contribution in [2.75, 3.05) is 7.11 Å². The summed E-state index contributed by atoms with van der Waals surface area (Å²) < 4.78 is 39.0. The fourth-order valence-electron chi connectivity index (χ4n) is 4.20. The van der Waals surface area contributed by atoms with Crippen molar-refractivity contribution in [2.45, 2.75) is 32.5 Å². The van der Waals surface area contributed by atoms with Gasteiger partial charge in [0.05, 0.1) is 38.0 Å². The van der Waals surface area contributed by atoms with Crippen LogP contribution in [-0.4, -0.2) is 32.8 Å². The van der Waals surface area contributed by atoms with E-state index in [0.29, 0.717) is 28.1 Å². The number of benzene rings is 3. The van der Waals surface area contributed by atoms with Gasteiger partial charge in [-0.1, -0.05) is 52.3 Å². The third-order valence-corrected chi connectivity index (χ3v) is 6.92. The summed E-state index contributed by atoms with van der Waals surface area (Å²) in [4.78, 5) is 0. The van der Waals surface area contributed by atoms with Gasteiger partial charge in [-0.15, -0.1) is 0 Å². The van der Waals surface area contributed by atoms with E-state index in [4.69, 9.17) is 16.4 Å². The predicted molar refractivity (Wildman–Crippen MR) is 142 cm³/mol. The van der Waals surface area contributed by atoms with E-state index in [1.54, 1.807) is 48.2 Å². The van der Waals surface area contributed by atoms with Crippen molar-refractivity contribution in [2.24, 2.45) is 16.8 Å². The largest absolute Gasteiger partial charge is 0.497 e. The molecule has 5 N–H and O–H groups in total. The van der Waals surface area contributed by atoms with E-state index in [1.165, 1.54) is 12.1 Å². The number of nitrogens with zero attached hydrogens (tertiary/aromatic N) is 4. The first kappa shape index (κ1) is 26.5. The van der Waals surface area contributed by atoms with Gasteiger partial charge in [-0.05, 0) is 47.9 Å². The average Bonchev–Trinajstić information content (AvgIpc) is 3.20. The van der Waals surface area contributed by atoms with E-state index in [-0.39, 0.29) is 25.3 Å². The maximum absolute atomic E-state index is 15.7. The Morgan fingerprint density at radius 2 is 1.92 bits per heavy atom.